The zero-order chi connectivity index (χ0) is 19.4. The monoisotopic (exact) mass is 440 g/mol. The number of likely N-dealkylation sites (N-methyl/N-ethyl adjacent to an activating group) is 1. The summed E-state index contributed by atoms with van der Waals surface area (Å²) in [4.78, 5) is 25.7. The van der Waals surface area contributed by atoms with Gasteiger partial charge >= 0.3 is 0 Å². The van der Waals surface area contributed by atoms with Crippen LogP contribution in [0.25, 0.3) is 16.5 Å². The van der Waals surface area contributed by atoms with Gasteiger partial charge in [-0.1, -0.05) is 11.6 Å². The average Bonchev–Trinajstić information content (AvgIpc) is 2.98. The summed E-state index contributed by atoms with van der Waals surface area (Å²) < 4.78 is 7.32. The summed E-state index contributed by atoms with van der Waals surface area (Å²) in [6.45, 7) is 5.48. The highest BCUT2D eigenvalue weighted by atomic mass is 79.9. The van der Waals surface area contributed by atoms with Crippen LogP contribution in [-0.4, -0.2) is 39.0 Å². The highest BCUT2D eigenvalue weighted by molar-refractivity contribution is 9.12. The quantitative estimate of drug-likeness (QED) is 0.583. The fourth-order valence-corrected chi connectivity index (χ4v) is 3.64. The van der Waals surface area contributed by atoms with Crippen molar-refractivity contribution < 1.29 is 19.4 Å². The Hall–Kier alpha value is -1.67. The second-order valence-electron chi connectivity index (χ2n) is 7.03. The molecule has 0 saturated heterocycles. The molecule has 3 rings (SSSR count). The maximum absolute atomic E-state index is 12.5. The van der Waals surface area contributed by atoms with Crippen LogP contribution < -0.4 is 0 Å². The van der Waals surface area contributed by atoms with Gasteiger partial charge < -0.3 is 9.84 Å². The van der Waals surface area contributed by atoms with Crippen LogP contribution in [0.2, 0.25) is 5.02 Å². The number of carbonyl (C=O) groups excluding carboxylic acids is 2. The Kier molecular flexibility index (Phi) is 4.77. The number of hydrogen-bond acceptors (Lipinski definition) is 4. The Bertz CT molecular complexity index is 958. The van der Waals surface area contributed by atoms with Crippen LogP contribution in [0.3, 0.4) is 0 Å². The number of imide groups is 1. The largest absolute Gasteiger partial charge is 0.351 e. The fourth-order valence-electron chi connectivity index (χ4n) is 2.82. The molecule has 8 heteroatoms. The van der Waals surface area contributed by atoms with Crippen molar-refractivity contribution in [2.75, 3.05) is 7.05 Å². The van der Waals surface area contributed by atoms with Gasteiger partial charge in [-0.25, -0.2) is 0 Å². The zero-order valence-electron chi connectivity index (χ0n) is 14.7. The molecule has 0 aliphatic carbocycles. The van der Waals surface area contributed by atoms with Crippen LogP contribution in [0.15, 0.2) is 28.9 Å². The third kappa shape index (κ3) is 3.20. The SMILES string of the molecule is CN1C(=O)C(Br)=C(c2cn(C(O)OC(C)(C)C)c3ccc(Cl)cc23)C1=O. The first kappa shape index (κ1) is 19.1. The number of ether oxygens (including phenoxy) is 1. The minimum absolute atomic E-state index is 0.176. The van der Waals surface area contributed by atoms with Crippen molar-refractivity contribution in [1.82, 2.24) is 9.47 Å². The number of halogens is 2. The highest BCUT2D eigenvalue weighted by Gasteiger charge is 2.37. The first-order chi connectivity index (χ1) is 12.0. The third-order valence-corrected chi connectivity index (χ3v) is 4.96. The molecule has 1 aromatic carbocycles. The van der Waals surface area contributed by atoms with E-state index in [1.54, 1.807) is 24.4 Å². The van der Waals surface area contributed by atoms with Crippen molar-refractivity contribution in [1.29, 1.82) is 0 Å². The third-order valence-electron chi connectivity index (χ3n) is 3.99. The number of carbonyl (C=O) groups is 2. The maximum Gasteiger partial charge on any atom is 0.268 e. The summed E-state index contributed by atoms with van der Waals surface area (Å²) in [5, 5.41) is 11.6. The standard InChI is InChI=1S/C18H18BrClN2O4/c1-18(2,3)26-17(25)22-8-11(10-7-9(20)5-6-12(10)22)13-14(19)16(24)21(4)15(13)23/h5-8,17,25H,1-4H3. The lowest BCUT2D eigenvalue weighted by atomic mass is 10.1. The summed E-state index contributed by atoms with van der Waals surface area (Å²) in [5.41, 5.74) is 0.769. The molecule has 0 bridgehead atoms. The predicted octanol–water partition coefficient (Wildman–Crippen LogP) is 3.66. The first-order valence-electron chi connectivity index (χ1n) is 7.90. The number of aliphatic hydroxyl groups is 1. The van der Waals surface area contributed by atoms with Crippen molar-refractivity contribution in [2.24, 2.45) is 0 Å². The van der Waals surface area contributed by atoms with E-state index >= 15 is 0 Å². The second-order valence-corrected chi connectivity index (χ2v) is 8.26. The van der Waals surface area contributed by atoms with E-state index in [1.165, 1.54) is 11.6 Å². The summed E-state index contributed by atoms with van der Waals surface area (Å²) in [7, 11) is 1.42. The Morgan fingerprint density at radius 3 is 2.42 bits per heavy atom. The van der Waals surface area contributed by atoms with E-state index in [0.717, 1.165) is 4.90 Å². The van der Waals surface area contributed by atoms with E-state index in [4.69, 9.17) is 16.3 Å². The minimum atomic E-state index is -1.27. The van der Waals surface area contributed by atoms with E-state index in [9.17, 15) is 14.7 Å². The Morgan fingerprint density at radius 2 is 1.88 bits per heavy atom. The molecule has 6 nitrogen and oxygen atoms in total. The summed E-state index contributed by atoms with van der Waals surface area (Å²) >= 11 is 9.35. The maximum atomic E-state index is 12.5. The fraction of sp³-hybridized carbons (Fsp3) is 0.333. The smallest absolute Gasteiger partial charge is 0.268 e. The number of amides is 2. The van der Waals surface area contributed by atoms with Gasteiger partial charge in [-0.15, -0.1) is 0 Å². The molecule has 2 amide bonds. The molecule has 26 heavy (non-hydrogen) atoms. The van der Waals surface area contributed by atoms with E-state index in [2.05, 4.69) is 15.9 Å². The van der Waals surface area contributed by atoms with E-state index in [1.807, 2.05) is 20.8 Å². The molecule has 2 aromatic rings. The number of fused-ring (bicyclic) bond motifs is 1. The van der Waals surface area contributed by atoms with Crippen molar-refractivity contribution in [3.63, 3.8) is 0 Å². The first-order valence-corrected chi connectivity index (χ1v) is 9.07. The van der Waals surface area contributed by atoms with Crippen LogP contribution in [-0.2, 0) is 14.3 Å². The molecule has 0 saturated carbocycles. The van der Waals surface area contributed by atoms with Crippen LogP contribution in [0.4, 0.5) is 0 Å². The second kappa shape index (κ2) is 6.49. The lowest BCUT2D eigenvalue weighted by molar-refractivity contribution is -0.207. The Labute approximate surface area is 164 Å². The number of nitrogens with zero attached hydrogens (tertiary/aromatic N) is 2. The molecular formula is C18H18BrClN2O4. The zero-order valence-corrected chi connectivity index (χ0v) is 17.1. The molecular weight excluding hydrogens is 424 g/mol. The number of benzene rings is 1. The molecule has 0 fully saturated rings. The lowest BCUT2D eigenvalue weighted by Crippen LogP contribution is -2.26. The molecule has 2 heterocycles. The van der Waals surface area contributed by atoms with E-state index in [0.29, 0.717) is 21.5 Å². The summed E-state index contributed by atoms with van der Waals surface area (Å²) in [6.07, 6.45) is 0.329. The molecule has 1 unspecified atom stereocenters. The Morgan fingerprint density at radius 1 is 1.23 bits per heavy atom. The molecule has 0 radical (unpaired) electrons. The van der Waals surface area contributed by atoms with Crippen LogP contribution in [0.5, 0.6) is 0 Å². The van der Waals surface area contributed by atoms with E-state index in [-0.39, 0.29) is 10.1 Å². The average molecular weight is 442 g/mol. The molecule has 1 aliphatic heterocycles. The topological polar surface area (TPSA) is 71.8 Å². The molecule has 1 aromatic heterocycles. The molecule has 1 aliphatic rings. The van der Waals surface area contributed by atoms with Gasteiger partial charge in [0.25, 0.3) is 11.8 Å². The van der Waals surface area contributed by atoms with Crippen molar-refractivity contribution >= 4 is 55.8 Å². The van der Waals surface area contributed by atoms with Gasteiger partial charge in [-0.05, 0) is 54.9 Å². The molecule has 138 valence electrons. The van der Waals surface area contributed by atoms with Crippen molar-refractivity contribution in [3.8, 4) is 0 Å². The minimum Gasteiger partial charge on any atom is -0.351 e. The molecule has 1 atom stereocenters. The Balaban J connectivity index is 2.23. The van der Waals surface area contributed by atoms with Crippen LogP contribution in [0.1, 0.15) is 32.7 Å². The van der Waals surface area contributed by atoms with Crippen LogP contribution in [0, 0.1) is 0 Å². The van der Waals surface area contributed by atoms with Gasteiger partial charge in [0, 0.05) is 29.2 Å². The van der Waals surface area contributed by atoms with Gasteiger partial charge in [0.1, 0.15) is 0 Å². The summed E-state index contributed by atoms with van der Waals surface area (Å²) in [6, 6.07) is 5.11. The van der Waals surface area contributed by atoms with Gasteiger partial charge in [0.15, 0.2) is 0 Å². The molecule has 0 spiro atoms. The highest BCUT2D eigenvalue weighted by Crippen LogP contribution is 2.38. The van der Waals surface area contributed by atoms with Crippen molar-refractivity contribution in [3.05, 3.63) is 39.5 Å². The van der Waals surface area contributed by atoms with E-state index < -0.39 is 23.8 Å². The van der Waals surface area contributed by atoms with Gasteiger partial charge in [-0.2, -0.15) is 0 Å². The number of aromatic nitrogens is 1. The van der Waals surface area contributed by atoms with Gasteiger partial charge in [0.2, 0.25) is 6.41 Å². The number of rotatable bonds is 3. The van der Waals surface area contributed by atoms with Gasteiger partial charge in [-0.3, -0.25) is 19.1 Å². The summed E-state index contributed by atoms with van der Waals surface area (Å²) in [5.74, 6) is -0.841. The van der Waals surface area contributed by atoms with Crippen LogP contribution >= 0.6 is 27.5 Å². The normalized spacial score (nSPS) is 17.0. The van der Waals surface area contributed by atoms with Crippen molar-refractivity contribution in [2.45, 2.75) is 32.8 Å². The van der Waals surface area contributed by atoms with Gasteiger partial charge in [0.05, 0.1) is 21.2 Å². The molecule has 1 N–H and O–H groups in total. The lowest BCUT2D eigenvalue weighted by Gasteiger charge is -2.25. The predicted molar refractivity (Wildman–Crippen MR) is 103 cm³/mol. The number of aliphatic hydroxyl groups excluding tert-OH is 1. The number of hydrogen-bond donors (Lipinski definition) is 1.